The number of phenols is 1. The Labute approximate surface area is 141 Å². The summed E-state index contributed by atoms with van der Waals surface area (Å²) in [7, 11) is 0. The van der Waals surface area contributed by atoms with Crippen molar-refractivity contribution < 1.29 is 9.84 Å². The minimum absolute atomic E-state index is 0.133. The first-order valence-electron chi connectivity index (χ1n) is 9.46. The number of phenolic OH excluding ortho intramolecular Hbond substituents is 1. The van der Waals surface area contributed by atoms with Crippen molar-refractivity contribution in [2.24, 2.45) is 11.8 Å². The molecule has 23 heavy (non-hydrogen) atoms. The highest BCUT2D eigenvalue weighted by atomic mass is 16.5. The Kier molecular flexibility index (Phi) is 4.62. The third kappa shape index (κ3) is 3.09. The molecule has 128 valence electrons. The lowest BCUT2D eigenvalue weighted by Gasteiger charge is -2.49. The summed E-state index contributed by atoms with van der Waals surface area (Å²) in [5.74, 6) is 2.64. The van der Waals surface area contributed by atoms with E-state index in [2.05, 4.69) is 27.7 Å². The molecule has 0 radical (unpaired) electrons. The van der Waals surface area contributed by atoms with Gasteiger partial charge < -0.3 is 9.84 Å². The second-order valence-electron chi connectivity index (χ2n) is 8.34. The van der Waals surface area contributed by atoms with Crippen LogP contribution in [0.25, 0.3) is 0 Å². The molecule has 1 fully saturated rings. The zero-order valence-electron chi connectivity index (χ0n) is 15.2. The normalized spacial score (nSPS) is 28.6. The summed E-state index contributed by atoms with van der Waals surface area (Å²) in [5.41, 5.74) is 2.80. The van der Waals surface area contributed by atoms with Gasteiger partial charge in [0.15, 0.2) is 0 Å². The molecule has 1 aliphatic heterocycles. The molecular formula is C21H32O2. The minimum Gasteiger partial charge on any atom is -0.508 e. The Hall–Kier alpha value is -1.18. The van der Waals surface area contributed by atoms with Crippen LogP contribution >= 0.6 is 0 Å². The molecule has 1 saturated carbocycles. The molecule has 1 aromatic carbocycles. The van der Waals surface area contributed by atoms with Gasteiger partial charge in [-0.25, -0.2) is 0 Å². The number of aromatic hydroxyl groups is 1. The maximum absolute atomic E-state index is 10.2. The van der Waals surface area contributed by atoms with E-state index in [9.17, 15) is 5.11 Å². The standard InChI is InChI=1S/C21H32O2/c1-5-6-7-8-15-12-16(22)13-19-20(15)21(3,4)17-10-9-14(2)11-18(17)23-19/h12-14,17-18,22H,5-11H2,1-4H3/t14?,17-,18-/m1/s1. The van der Waals surface area contributed by atoms with Crippen molar-refractivity contribution in [3.05, 3.63) is 23.3 Å². The first kappa shape index (κ1) is 16.7. The maximum Gasteiger partial charge on any atom is 0.127 e. The van der Waals surface area contributed by atoms with Crippen LogP contribution < -0.4 is 4.74 Å². The Morgan fingerprint density at radius 1 is 1.22 bits per heavy atom. The zero-order chi connectivity index (χ0) is 16.6. The van der Waals surface area contributed by atoms with Gasteiger partial charge in [0, 0.05) is 17.5 Å². The van der Waals surface area contributed by atoms with Crippen LogP contribution in [0.2, 0.25) is 0 Å². The molecular weight excluding hydrogens is 284 g/mol. The van der Waals surface area contributed by atoms with Crippen molar-refractivity contribution in [1.82, 2.24) is 0 Å². The summed E-state index contributed by atoms with van der Waals surface area (Å²) in [6, 6.07) is 3.82. The van der Waals surface area contributed by atoms with Gasteiger partial charge in [-0.3, -0.25) is 0 Å². The lowest BCUT2D eigenvalue weighted by atomic mass is 9.62. The molecule has 2 heteroatoms. The SMILES string of the molecule is CCCCCc1cc(O)cc2c1C(C)(C)[C@@H]1CCC(C)C[C@H]1O2. The fourth-order valence-corrected chi connectivity index (χ4v) is 4.88. The van der Waals surface area contributed by atoms with Crippen LogP contribution in [0.3, 0.4) is 0 Å². The van der Waals surface area contributed by atoms with Gasteiger partial charge in [0.1, 0.15) is 17.6 Å². The lowest BCUT2D eigenvalue weighted by Crippen LogP contribution is -2.48. The molecule has 3 atom stereocenters. The van der Waals surface area contributed by atoms with E-state index in [4.69, 9.17) is 4.74 Å². The highest BCUT2D eigenvalue weighted by molar-refractivity contribution is 5.52. The van der Waals surface area contributed by atoms with Crippen LogP contribution in [-0.2, 0) is 11.8 Å². The van der Waals surface area contributed by atoms with E-state index >= 15 is 0 Å². The summed E-state index contributed by atoms with van der Waals surface area (Å²) in [6.07, 6.45) is 8.73. The first-order valence-corrected chi connectivity index (χ1v) is 9.46. The quantitative estimate of drug-likeness (QED) is 0.733. The lowest BCUT2D eigenvalue weighted by molar-refractivity contribution is 0.0103. The Morgan fingerprint density at radius 2 is 2.00 bits per heavy atom. The van der Waals surface area contributed by atoms with Gasteiger partial charge in [-0.15, -0.1) is 0 Å². The molecule has 0 spiro atoms. The van der Waals surface area contributed by atoms with E-state index in [1.54, 1.807) is 0 Å². The summed E-state index contributed by atoms with van der Waals surface area (Å²) in [6.45, 7) is 9.35. The molecule has 1 heterocycles. The molecule has 0 amide bonds. The van der Waals surface area contributed by atoms with Crippen molar-refractivity contribution in [3.8, 4) is 11.5 Å². The van der Waals surface area contributed by atoms with E-state index in [1.807, 2.05) is 12.1 Å². The highest BCUT2D eigenvalue weighted by Gasteiger charge is 2.47. The van der Waals surface area contributed by atoms with Gasteiger partial charge in [-0.05, 0) is 48.6 Å². The molecule has 1 aliphatic carbocycles. The third-order valence-electron chi connectivity index (χ3n) is 6.12. The van der Waals surface area contributed by atoms with E-state index in [1.165, 1.54) is 43.2 Å². The van der Waals surface area contributed by atoms with E-state index in [0.29, 0.717) is 17.8 Å². The Balaban J connectivity index is 1.99. The number of unbranched alkanes of at least 4 members (excludes halogenated alkanes) is 2. The average molecular weight is 316 g/mol. The predicted molar refractivity (Wildman–Crippen MR) is 95.3 cm³/mol. The second-order valence-corrected chi connectivity index (χ2v) is 8.34. The number of hydrogen-bond donors (Lipinski definition) is 1. The maximum atomic E-state index is 10.2. The number of hydrogen-bond acceptors (Lipinski definition) is 2. The zero-order valence-corrected chi connectivity index (χ0v) is 15.2. The van der Waals surface area contributed by atoms with Crippen LogP contribution in [0.5, 0.6) is 11.5 Å². The van der Waals surface area contributed by atoms with Gasteiger partial charge in [0.25, 0.3) is 0 Å². The van der Waals surface area contributed by atoms with E-state index in [0.717, 1.165) is 24.5 Å². The molecule has 1 aromatic rings. The number of benzene rings is 1. The van der Waals surface area contributed by atoms with Crippen LogP contribution in [0.15, 0.2) is 12.1 Å². The molecule has 1 N–H and O–H groups in total. The van der Waals surface area contributed by atoms with Gasteiger partial charge in [0.2, 0.25) is 0 Å². The number of aryl methyl sites for hydroxylation is 1. The largest absolute Gasteiger partial charge is 0.508 e. The fraction of sp³-hybridized carbons (Fsp3) is 0.714. The minimum atomic E-state index is 0.133. The molecule has 3 rings (SSSR count). The van der Waals surface area contributed by atoms with Crippen molar-refractivity contribution in [2.45, 2.75) is 84.2 Å². The van der Waals surface area contributed by atoms with Crippen LogP contribution in [-0.4, -0.2) is 11.2 Å². The van der Waals surface area contributed by atoms with Crippen molar-refractivity contribution in [3.63, 3.8) is 0 Å². The van der Waals surface area contributed by atoms with Crippen LogP contribution in [0.4, 0.5) is 0 Å². The van der Waals surface area contributed by atoms with Crippen molar-refractivity contribution >= 4 is 0 Å². The predicted octanol–water partition coefficient (Wildman–Crippen LogP) is 5.60. The van der Waals surface area contributed by atoms with Crippen molar-refractivity contribution in [1.29, 1.82) is 0 Å². The number of ether oxygens (including phenoxy) is 1. The molecule has 0 aromatic heterocycles. The monoisotopic (exact) mass is 316 g/mol. The smallest absolute Gasteiger partial charge is 0.127 e. The Morgan fingerprint density at radius 3 is 2.74 bits per heavy atom. The van der Waals surface area contributed by atoms with Gasteiger partial charge in [0.05, 0.1) is 0 Å². The molecule has 0 saturated heterocycles. The summed E-state index contributed by atoms with van der Waals surface area (Å²) >= 11 is 0. The number of fused-ring (bicyclic) bond motifs is 2. The van der Waals surface area contributed by atoms with Crippen LogP contribution in [0.1, 0.15) is 77.3 Å². The summed E-state index contributed by atoms with van der Waals surface area (Å²) < 4.78 is 6.41. The topological polar surface area (TPSA) is 29.5 Å². The van der Waals surface area contributed by atoms with Gasteiger partial charge in [-0.1, -0.05) is 47.0 Å². The van der Waals surface area contributed by atoms with Gasteiger partial charge in [-0.2, -0.15) is 0 Å². The third-order valence-corrected chi connectivity index (χ3v) is 6.12. The fourth-order valence-electron chi connectivity index (χ4n) is 4.88. The van der Waals surface area contributed by atoms with Crippen molar-refractivity contribution in [2.75, 3.05) is 0 Å². The van der Waals surface area contributed by atoms with Gasteiger partial charge >= 0.3 is 0 Å². The Bertz CT molecular complexity index is 544. The summed E-state index contributed by atoms with van der Waals surface area (Å²) in [5, 5.41) is 10.2. The molecule has 1 unspecified atom stereocenters. The van der Waals surface area contributed by atoms with Crippen LogP contribution in [0, 0.1) is 11.8 Å². The summed E-state index contributed by atoms with van der Waals surface area (Å²) in [4.78, 5) is 0. The average Bonchev–Trinajstić information content (AvgIpc) is 2.45. The molecule has 2 aliphatic rings. The highest BCUT2D eigenvalue weighted by Crippen LogP contribution is 2.52. The molecule has 0 bridgehead atoms. The first-order chi connectivity index (χ1) is 10.9. The molecule has 2 nitrogen and oxygen atoms in total. The number of rotatable bonds is 4. The van der Waals surface area contributed by atoms with E-state index < -0.39 is 0 Å². The van der Waals surface area contributed by atoms with E-state index in [-0.39, 0.29) is 5.41 Å². The second kappa shape index (κ2) is 6.37.